The van der Waals surface area contributed by atoms with Crippen LogP contribution in [0.2, 0.25) is 0 Å². The zero-order valence-electron chi connectivity index (χ0n) is 9.63. The Labute approximate surface area is 90.9 Å². The second-order valence-corrected chi connectivity index (χ2v) is 4.55. The number of hydrogen-bond acceptors (Lipinski definition) is 2. The highest BCUT2D eigenvalue weighted by Gasteiger charge is 2.38. The maximum Gasteiger partial charge on any atom is 0.127 e. The van der Waals surface area contributed by atoms with Crippen LogP contribution in [0.3, 0.4) is 0 Å². The normalized spacial score (nSPS) is 18.4. The van der Waals surface area contributed by atoms with E-state index in [1.807, 2.05) is 13.0 Å². The minimum atomic E-state index is -0.637. The van der Waals surface area contributed by atoms with Crippen molar-refractivity contribution in [3.63, 3.8) is 0 Å². The van der Waals surface area contributed by atoms with Gasteiger partial charge in [0.25, 0.3) is 0 Å². The highest BCUT2D eigenvalue weighted by atomic mass is 16.5. The van der Waals surface area contributed by atoms with E-state index in [0.717, 1.165) is 36.1 Å². The molecule has 1 N–H and O–H groups in total. The van der Waals surface area contributed by atoms with Crippen molar-refractivity contribution in [2.24, 2.45) is 0 Å². The summed E-state index contributed by atoms with van der Waals surface area (Å²) in [6.07, 6.45) is 2.81. The average Bonchev–Trinajstić information content (AvgIpc) is 2.13. The van der Waals surface area contributed by atoms with E-state index in [2.05, 4.69) is 13.0 Å². The number of hydrogen-bond donors (Lipinski definition) is 1. The second kappa shape index (κ2) is 3.53. The maximum atomic E-state index is 10.4. The van der Waals surface area contributed by atoms with Crippen LogP contribution >= 0.6 is 0 Å². The summed E-state index contributed by atoms with van der Waals surface area (Å²) in [6, 6.07) is 4.13. The molecule has 82 valence electrons. The van der Waals surface area contributed by atoms with Gasteiger partial charge in [0.2, 0.25) is 0 Å². The first-order valence-electron chi connectivity index (χ1n) is 5.45. The van der Waals surface area contributed by atoms with Crippen molar-refractivity contribution in [1.29, 1.82) is 0 Å². The number of rotatable bonds is 2. The molecule has 0 bridgehead atoms. The number of methoxy groups -OCH3 is 1. The van der Waals surface area contributed by atoms with Crippen molar-refractivity contribution >= 4 is 0 Å². The fraction of sp³-hybridized carbons (Fsp3) is 0.538. The summed E-state index contributed by atoms with van der Waals surface area (Å²) < 4.78 is 5.39. The third-order valence-corrected chi connectivity index (χ3v) is 3.31. The quantitative estimate of drug-likeness (QED) is 0.806. The van der Waals surface area contributed by atoms with Gasteiger partial charge in [-0.3, -0.25) is 0 Å². The summed E-state index contributed by atoms with van der Waals surface area (Å²) in [5, 5.41) is 10.4. The molecular weight excluding hydrogens is 188 g/mol. The Kier molecular flexibility index (Phi) is 2.47. The van der Waals surface area contributed by atoms with Gasteiger partial charge in [-0.15, -0.1) is 0 Å². The Hall–Kier alpha value is -1.02. The van der Waals surface area contributed by atoms with E-state index >= 15 is 0 Å². The van der Waals surface area contributed by atoms with E-state index in [1.165, 1.54) is 5.56 Å². The van der Waals surface area contributed by atoms with Gasteiger partial charge in [0.1, 0.15) is 5.75 Å². The van der Waals surface area contributed by atoms with Crippen molar-refractivity contribution < 1.29 is 9.84 Å². The molecule has 0 amide bonds. The number of aryl methyl sites for hydroxylation is 2. The van der Waals surface area contributed by atoms with Crippen LogP contribution in [0.1, 0.15) is 36.0 Å². The van der Waals surface area contributed by atoms with Gasteiger partial charge in [-0.05, 0) is 44.7 Å². The summed E-state index contributed by atoms with van der Waals surface area (Å²) in [6.45, 7) is 4.08. The van der Waals surface area contributed by atoms with Crippen molar-refractivity contribution in [2.45, 2.75) is 38.7 Å². The van der Waals surface area contributed by atoms with Crippen molar-refractivity contribution in [3.8, 4) is 5.75 Å². The van der Waals surface area contributed by atoms with Crippen LogP contribution in [0.15, 0.2) is 12.1 Å². The van der Waals surface area contributed by atoms with E-state index in [0.29, 0.717) is 0 Å². The molecule has 0 heterocycles. The Balaban J connectivity index is 2.53. The highest BCUT2D eigenvalue weighted by Crippen LogP contribution is 2.46. The lowest BCUT2D eigenvalue weighted by Crippen LogP contribution is -2.34. The molecule has 0 radical (unpaired) electrons. The summed E-state index contributed by atoms with van der Waals surface area (Å²) in [4.78, 5) is 0. The predicted octanol–water partition coefficient (Wildman–Crippen LogP) is 2.68. The van der Waals surface area contributed by atoms with Crippen LogP contribution < -0.4 is 4.74 Å². The molecule has 1 aromatic rings. The van der Waals surface area contributed by atoms with Crippen LogP contribution in [0.5, 0.6) is 5.75 Å². The van der Waals surface area contributed by atoms with Crippen LogP contribution in [0.25, 0.3) is 0 Å². The number of ether oxygens (including phenoxy) is 1. The van der Waals surface area contributed by atoms with E-state index in [9.17, 15) is 5.11 Å². The molecule has 1 fully saturated rings. The standard InChI is InChI=1S/C13H18O2/c1-9-7-10(2)12(15-3)11(8-9)13(14)5-4-6-13/h7-8,14H,4-6H2,1-3H3. The maximum absolute atomic E-state index is 10.4. The molecule has 0 atom stereocenters. The van der Waals surface area contributed by atoms with Gasteiger partial charge in [0.05, 0.1) is 12.7 Å². The zero-order chi connectivity index (χ0) is 11.1. The fourth-order valence-corrected chi connectivity index (χ4v) is 2.35. The monoisotopic (exact) mass is 206 g/mol. The zero-order valence-corrected chi connectivity index (χ0v) is 9.63. The Bertz CT molecular complexity index is 378. The first kappa shape index (κ1) is 10.5. The molecule has 2 rings (SSSR count). The lowest BCUT2D eigenvalue weighted by atomic mass is 9.74. The van der Waals surface area contributed by atoms with Crippen LogP contribution in [0.4, 0.5) is 0 Å². The van der Waals surface area contributed by atoms with E-state index in [4.69, 9.17) is 4.74 Å². The number of aliphatic hydroxyl groups is 1. The third-order valence-electron chi connectivity index (χ3n) is 3.31. The minimum absolute atomic E-state index is 0.637. The largest absolute Gasteiger partial charge is 0.496 e. The molecule has 0 saturated heterocycles. The van der Waals surface area contributed by atoms with Gasteiger partial charge >= 0.3 is 0 Å². The van der Waals surface area contributed by atoms with Crippen molar-refractivity contribution in [3.05, 3.63) is 28.8 Å². The first-order chi connectivity index (χ1) is 7.07. The average molecular weight is 206 g/mol. The smallest absolute Gasteiger partial charge is 0.127 e. The molecule has 0 aliphatic heterocycles. The van der Waals surface area contributed by atoms with Crippen LogP contribution in [-0.2, 0) is 5.60 Å². The van der Waals surface area contributed by atoms with Gasteiger partial charge < -0.3 is 9.84 Å². The first-order valence-corrected chi connectivity index (χ1v) is 5.45. The molecule has 0 spiro atoms. The van der Waals surface area contributed by atoms with Gasteiger partial charge in [-0.2, -0.15) is 0 Å². The van der Waals surface area contributed by atoms with E-state index in [-0.39, 0.29) is 0 Å². The van der Waals surface area contributed by atoms with E-state index < -0.39 is 5.60 Å². The van der Waals surface area contributed by atoms with Crippen LogP contribution in [0, 0.1) is 13.8 Å². The summed E-state index contributed by atoms with van der Waals surface area (Å²) >= 11 is 0. The van der Waals surface area contributed by atoms with Crippen molar-refractivity contribution in [1.82, 2.24) is 0 Å². The summed E-state index contributed by atoms with van der Waals surface area (Å²) in [5.74, 6) is 0.850. The van der Waals surface area contributed by atoms with Gasteiger partial charge in [0, 0.05) is 5.56 Å². The third kappa shape index (κ3) is 1.63. The lowest BCUT2D eigenvalue weighted by molar-refractivity contribution is -0.0405. The number of benzene rings is 1. The molecule has 2 heteroatoms. The molecule has 15 heavy (non-hydrogen) atoms. The molecule has 2 nitrogen and oxygen atoms in total. The minimum Gasteiger partial charge on any atom is -0.496 e. The van der Waals surface area contributed by atoms with Crippen LogP contribution in [-0.4, -0.2) is 12.2 Å². The summed E-state index contributed by atoms with van der Waals surface area (Å²) in [7, 11) is 1.67. The molecule has 1 aliphatic rings. The molecular formula is C13H18O2. The molecule has 1 aromatic carbocycles. The van der Waals surface area contributed by atoms with Gasteiger partial charge in [-0.25, -0.2) is 0 Å². The SMILES string of the molecule is COc1c(C)cc(C)cc1C1(O)CCC1. The molecule has 0 aromatic heterocycles. The highest BCUT2D eigenvalue weighted by molar-refractivity contribution is 5.47. The molecule has 1 saturated carbocycles. The second-order valence-electron chi connectivity index (χ2n) is 4.55. The van der Waals surface area contributed by atoms with E-state index in [1.54, 1.807) is 7.11 Å². The molecule has 1 aliphatic carbocycles. The van der Waals surface area contributed by atoms with Crippen molar-refractivity contribution in [2.75, 3.05) is 7.11 Å². The fourth-order valence-electron chi connectivity index (χ4n) is 2.35. The molecule has 0 unspecified atom stereocenters. The Morgan fingerprint density at radius 2 is 1.93 bits per heavy atom. The summed E-state index contributed by atoms with van der Waals surface area (Å²) in [5.41, 5.74) is 2.62. The Morgan fingerprint density at radius 1 is 1.27 bits per heavy atom. The predicted molar refractivity (Wildman–Crippen MR) is 60.2 cm³/mol. The van der Waals surface area contributed by atoms with Gasteiger partial charge in [-0.1, -0.05) is 11.6 Å². The topological polar surface area (TPSA) is 29.5 Å². The van der Waals surface area contributed by atoms with Gasteiger partial charge in [0.15, 0.2) is 0 Å². The lowest BCUT2D eigenvalue weighted by Gasteiger charge is -2.38. The Morgan fingerprint density at radius 3 is 2.40 bits per heavy atom.